The summed E-state index contributed by atoms with van der Waals surface area (Å²) in [7, 11) is 0. The van der Waals surface area contributed by atoms with Crippen LogP contribution in [0.5, 0.6) is 0 Å². The first-order valence-corrected chi connectivity index (χ1v) is 14.0. The van der Waals surface area contributed by atoms with E-state index in [0.717, 1.165) is 16.3 Å². The number of hydrogen-bond acceptors (Lipinski definition) is 15. The smallest absolute Gasteiger partial charge is 0.352 e. The number of thioether (sulfide) groups is 2. The molecule has 212 valence electrons. The van der Waals surface area contributed by atoms with E-state index in [0.29, 0.717) is 21.4 Å². The molecule has 3 amide bonds. The molecule has 2 atom stereocenters. The number of thiazole rings is 1. The second-order valence-electron chi connectivity index (χ2n) is 7.35. The van der Waals surface area contributed by atoms with Crippen molar-refractivity contribution in [2.45, 2.75) is 22.7 Å². The molecule has 0 bridgehead atoms. The van der Waals surface area contributed by atoms with Gasteiger partial charge in [0.2, 0.25) is 0 Å². The van der Waals surface area contributed by atoms with Crippen LogP contribution in [-0.2, 0) is 24.0 Å². The van der Waals surface area contributed by atoms with Gasteiger partial charge in [-0.25, -0.2) is 15.6 Å². The van der Waals surface area contributed by atoms with Gasteiger partial charge in [-0.05, 0) is 12.5 Å². The van der Waals surface area contributed by atoms with Crippen molar-refractivity contribution in [3.63, 3.8) is 0 Å². The molecule has 15 nitrogen and oxygen atoms in total. The third kappa shape index (κ3) is 7.29. The van der Waals surface area contributed by atoms with Crippen LogP contribution in [0.4, 0.5) is 5.13 Å². The number of anilines is 1. The molecule has 0 saturated carbocycles. The third-order valence-electron chi connectivity index (χ3n) is 4.91. The van der Waals surface area contributed by atoms with Crippen LogP contribution in [0.2, 0.25) is 0 Å². The molecule has 0 aromatic carbocycles. The van der Waals surface area contributed by atoms with Crippen LogP contribution in [0.15, 0.2) is 26.1 Å². The fraction of sp³-hybridized carbons (Fsp3) is 0.333. The Morgan fingerprint density at radius 3 is 2.67 bits per heavy atom. The Morgan fingerprint density at radius 2 is 2.08 bits per heavy atom. The molecule has 1 unspecified atom stereocenters. The Bertz CT molecular complexity index is 1320. The summed E-state index contributed by atoms with van der Waals surface area (Å²) in [5, 5.41) is 25.8. The predicted molar refractivity (Wildman–Crippen MR) is 151 cm³/mol. The first kappa shape index (κ1) is 32.5. The molecule has 7 N–H and O–H groups in total. The normalized spacial score (nSPS) is 18.3. The van der Waals surface area contributed by atoms with Gasteiger partial charge in [0.25, 0.3) is 17.7 Å². The van der Waals surface area contributed by atoms with Crippen molar-refractivity contribution < 1.29 is 29.1 Å². The van der Waals surface area contributed by atoms with Gasteiger partial charge >= 0.3 is 5.97 Å². The summed E-state index contributed by atoms with van der Waals surface area (Å²) in [4.78, 5) is 59.4. The molecule has 0 radical (unpaired) electrons. The number of hydrogen-bond donors (Lipinski definition) is 5. The number of rotatable bonds is 10. The summed E-state index contributed by atoms with van der Waals surface area (Å²) in [6.45, 7) is 1.26. The average molecular weight is 659 g/mol. The van der Waals surface area contributed by atoms with E-state index in [2.05, 4.69) is 25.7 Å². The van der Waals surface area contributed by atoms with Crippen LogP contribution in [0.25, 0.3) is 0 Å². The first-order valence-electron chi connectivity index (χ1n) is 10.2. The number of nitrogens with one attached hydrogen (secondary N) is 2. The second kappa shape index (κ2) is 14.1. The van der Waals surface area contributed by atoms with Gasteiger partial charge in [-0.1, -0.05) is 28.3 Å². The predicted octanol–water partition coefficient (Wildman–Crippen LogP) is -0.0297. The molecule has 21 heteroatoms. The quantitative estimate of drug-likeness (QED) is 0.0565. The standard InChI is InChI=1S/C18H19N9O6S4.2ClH/c1-6-24-25-18(37-6)36-4-7-3-34-15-11(14(30)27(15)12(7)16(31)32)22-13(29)10(8-5-35-17(19)21-8)26-33-2-9(28)23-20;;/h5,11,15H,2-4,20H2,1H3,(H2,19,21)(H,22,29)(H,23,28)(H,31,32);2*1H/t11?,15-;;/m0../s1. The summed E-state index contributed by atoms with van der Waals surface area (Å²) in [6.07, 6.45) is 0. The number of nitrogens with zero attached hydrogens (tertiary/aromatic N) is 5. The molecule has 2 aromatic heterocycles. The number of β-lactam (4-membered cyclic amide) rings is 1. The average Bonchev–Trinajstić information content (AvgIpc) is 3.50. The molecule has 0 spiro atoms. The van der Waals surface area contributed by atoms with Gasteiger partial charge < -0.3 is 21.0 Å². The number of halogens is 2. The van der Waals surface area contributed by atoms with Crippen molar-refractivity contribution >= 4 is 106 Å². The molecule has 2 aromatic rings. The molecular formula is C18H21Cl2N9O6S4. The third-order valence-corrected chi connectivity index (χ3v) is 8.98. The topological polar surface area (TPSA) is 228 Å². The van der Waals surface area contributed by atoms with E-state index in [1.54, 1.807) is 0 Å². The number of oxime groups is 1. The minimum Gasteiger partial charge on any atom is -0.477 e. The minimum absolute atomic E-state index is 0. The molecule has 39 heavy (non-hydrogen) atoms. The van der Waals surface area contributed by atoms with Gasteiger partial charge in [-0.3, -0.25) is 24.7 Å². The zero-order valence-electron chi connectivity index (χ0n) is 19.7. The van der Waals surface area contributed by atoms with Crippen molar-refractivity contribution in [2.24, 2.45) is 11.0 Å². The highest BCUT2D eigenvalue weighted by Gasteiger charge is 2.54. The number of nitrogen functional groups attached to an aromatic ring is 1. The Balaban J connectivity index is 0.00000267. The number of hydrazine groups is 1. The number of carboxylic acid groups (broad SMARTS) is 1. The molecule has 0 aliphatic carbocycles. The number of nitrogens with two attached hydrogens (primary N) is 2. The summed E-state index contributed by atoms with van der Waals surface area (Å²) in [5.74, 6) is 2.34. The number of amides is 3. The van der Waals surface area contributed by atoms with Crippen molar-refractivity contribution in [3.8, 4) is 0 Å². The van der Waals surface area contributed by atoms with Gasteiger partial charge in [0.15, 0.2) is 21.8 Å². The lowest BCUT2D eigenvalue weighted by Crippen LogP contribution is -2.71. The highest BCUT2D eigenvalue weighted by Crippen LogP contribution is 2.41. The van der Waals surface area contributed by atoms with E-state index in [1.807, 2.05) is 12.3 Å². The lowest BCUT2D eigenvalue weighted by Gasteiger charge is -2.49. The lowest BCUT2D eigenvalue weighted by molar-refractivity contribution is -0.150. The fourth-order valence-electron chi connectivity index (χ4n) is 3.29. The van der Waals surface area contributed by atoms with Gasteiger partial charge in [0.1, 0.15) is 27.8 Å². The van der Waals surface area contributed by atoms with Crippen LogP contribution in [-0.4, -0.2) is 84.1 Å². The number of carbonyl (C=O) groups excluding carboxylic acids is 3. The first-order chi connectivity index (χ1) is 17.7. The molecule has 2 aliphatic heterocycles. The number of aromatic nitrogens is 3. The van der Waals surface area contributed by atoms with Gasteiger partial charge in [-0.2, -0.15) is 0 Å². The monoisotopic (exact) mass is 657 g/mol. The highest BCUT2D eigenvalue weighted by atomic mass is 35.5. The van der Waals surface area contributed by atoms with Crippen LogP contribution in [0, 0.1) is 6.92 Å². The van der Waals surface area contributed by atoms with Crippen molar-refractivity contribution in [2.75, 3.05) is 23.8 Å². The Morgan fingerprint density at radius 1 is 1.33 bits per heavy atom. The number of fused-ring (bicyclic) bond motifs is 1. The molecule has 4 heterocycles. The Labute approximate surface area is 249 Å². The number of aryl methyl sites for hydroxylation is 1. The van der Waals surface area contributed by atoms with Crippen molar-refractivity contribution in [1.29, 1.82) is 0 Å². The van der Waals surface area contributed by atoms with Gasteiger partial charge in [0.05, 0.1) is 0 Å². The molecular weight excluding hydrogens is 637 g/mol. The second-order valence-corrected chi connectivity index (χ2v) is 11.7. The van der Waals surface area contributed by atoms with Crippen LogP contribution in [0.1, 0.15) is 10.7 Å². The SMILES string of the molecule is Cc1nnc(SCC2=C(C(=O)O)N3C(=O)C(NC(=O)C(=NOCC(=O)NN)c4csc(N)n4)[C@@H]3SC2)s1.Cl.Cl. The van der Waals surface area contributed by atoms with Crippen molar-refractivity contribution in [3.05, 3.63) is 27.4 Å². The molecule has 4 rings (SSSR count). The highest BCUT2D eigenvalue weighted by molar-refractivity contribution is 8.01. The number of carbonyl (C=O) groups is 4. The van der Waals surface area contributed by atoms with Gasteiger partial charge in [-0.15, -0.1) is 58.1 Å². The maximum atomic E-state index is 13.0. The maximum absolute atomic E-state index is 13.0. The van der Waals surface area contributed by atoms with Crippen LogP contribution >= 0.6 is 71.0 Å². The lowest BCUT2D eigenvalue weighted by atomic mass is 10.0. The summed E-state index contributed by atoms with van der Waals surface area (Å²) < 4.78 is 0.697. The van der Waals surface area contributed by atoms with E-state index in [1.165, 1.54) is 45.1 Å². The summed E-state index contributed by atoms with van der Waals surface area (Å²) >= 11 is 5.11. The Kier molecular flexibility index (Phi) is 11.8. The largest absolute Gasteiger partial charge is 0.477 e. The molecule has 2 aliphatic rings. The zero-order chi connectivity index (χ0) is 26.7. The van der Waals surface area contributed by atoms with Gasteiger partial charge in [0, 0.05) is 16.9 Å². The van der Waals surface area contributed by atoms with E-state index in [-0.39, 0.29) is 47.0 Å². The van der Waals surface area contributed by atoms with Crippen LogP contribution in [0.3, 0.4) is 0 Å². The van der Waals surface area contributed by atoms with E-state index in [4.69, 9.17) is 16.4 Å². The van der Waals surface area contributed by atoms with E-state index >= 15 is 0 Å². The summed E-state index contributed by atoms with van der Waals surface area (Å²) in [6, 6.07) is -1.01. The van der Waals surface area contributed by atoms with Crippen LogP contribution < -0.4 is 22.3 Å². The number of aliphatic carboxylic acids is 1. The van der Waals surface area contributed by atoms with Crippen molar-refractivity contribution in [1.82, 2.24) is 30.8 Å². The van der Waals surface area contributed by atoms with E-state index < -0.39 is 41.7 Å². The Hall–Kier alpha value is -2.68. The summed E-state index contributed by atoms with van der Waals surface area (Å²) in [5.41, 5.74) is 7.72. The molecule has 1 saturated heterocycles. The zero-order valence-corrected chi connectivity index (χ0v) is 24.6. The fourth-order valence-corrected chi connectivity index (χ4v) is 7.14. The van der Waals surface area contributed by atoms with E-state index in [9.17, 15) is 24.3 Å². The molecule has 1 fully saturated rings. The maximum Gasteiger partial charge on any atom is 0.352 e. The minimum atomic E-state index is -1.24. The number of carboxylic acids is 1.